The molecule has 7 heteroatoms. The van der Waals surface area contributed by atoms with Crippen LogP contribution in [0.25, 0.3) is 28.1 Å². The van der Waals surface area contributed by atoms with E-state index < -0.39 is 6.10 Å². The number of aliphatic hydroxyl groups is 1. The molecule has 0 bridgehead atoms. The fourth-order valence-electron chi connectivity index (χ4n) is 3.96. The molecule has 0 unspecified atom stereocenters. The molecule has 27 heavy (non-hydrogen) atoms. The van der Waals surface area contributed by atoms with Crippen LogP contribution in [-0.4, -0.2) is 35.1 Å². The van der Waals surface area contributed by atoms with E-state index >= 15 is 0 Å². The molecular formula is C20H20N6O. The lowest BCUT2D eigenvalue weighted by Gasteiger charge is -2.17. The fraction of sp³-hybridized carbons (Fsp3) is 0.300. The minimum absolute atomic E-state index is 0.345. The number of nitrogens with one attached hydrogen (secondary N) is 1. The summed E-state index contributed by atoms with van der Waals surface area (Å²) in [5.74, 6) is 1.06. The molecule has 3 heterocycles. The molecule has 0 amide bonds. The van der Waals surface area contributed by atoms with Crippen molar-refractivity contribution >= 4 is 11.0 Å². The van der Waals surface area contributed by atoms with Crippen molar-refractivity contribution in [3.8, 4) is 17.1 Å². The smallest absolute Gasteiger partial charge is 0.162 e. The highest BCUT2D eigenvalue weighted by molar-refractivity contribution is 5.77. The predicted molar refractivity (Wildman–Crippen MR) is 101 cm³/mol. The van der Waals surface area contributed by atoms with Gasteiger partial charge in [-0.2, -0.15) is 10.2 Å². The molecule has 136 valence electrons. The molecule has 1 aliphatic carbocycles. The maximum absolute atomic E-state index is 10.7. The number of aliphatic hydroxyl groups excluding tert-OH is 1. The van der Waals surface area contributed by atoms with E-state index in [-0.39, 0.29) is 0 Å². The van der Waals surface area contributed by atoms with Crippen molar-refractivity contribution in [3.05, 3.63) is 54.6 Å². The van der Waals surface area contributed by atoms with Crippen molar-refractivity contribution in [1.29, 1.82) is 0 Å². The van der Waals surface area contributed by atoms with Gasteiger partial charge in [0.05, 0.1) is 18.0 Å². The largest absolute Gasteiger partial charge is 0.388 e. The lowest BCUT2D eigenvalue weighted by Crippen LogP contribution is -2.09. The Bertz CT molecular complexity index is 1070. The van der Waals surface area contributed by atoms with Gasteiger partial charge in [0.25, 0.3) is 0 Å². The number of rotatable bonds is 4. The molecule has 5 rings (SSSR count). The first-order valence-corrected chi connectivity index (χ1v) is 9.27. The van der Waals surface area contributed by atoms with Crippen LogP contribution < -0.4 is 0 Å². The third-order valence-electron chi connectivity index (χ3n) is 5.40. The second kappa shape index (κ2) is 6.59. The van der Waals surface area contributed by atoms with Gasteiger partial charge in [-0.05, 0) is 42.5 Å². The van der Waals surface area contributed by atoms with E-state index in [1.807, 2.05) is 30.3 Å². The van der Waals surface area contributed by atoms with Crippen LogP contribution in [0.2, 0.25) is 0 Å². The third-order valence-corrected chi connectivity index (χ3v) is 5.40. The van der Waals surface area contributed by atoms with Crippen LogP contribution in [0.5, 0.6) is 0 Å². The topological polar surface area (TPSA) is 92.5 Å². The maximum atomic E-state index is 10.7. The molecule has 0 aliphatic heterocycles. The number of hydrogen-bond donors (Lipinski definition) is 2. The third kappa shape index (κ3) is 2.90. The van der Waals surface area contributed by atoms with Crippen LogP contribution in [0, 0.1) is 5.92 Å². The van der Waals surface area contributed by atoms with Crippen molar-refractivity contribution in [3.63, 3.8) is 0 Å². The first kappa shape index (κ1) is 16.1. The van der Waals surface area contributed by atoms with Crippen molar-refractivity contribution in [2.24, 2.45) is 5.92 Å². The Kier molecular flexibility index (Phi) is 3.94. The fourth-order valence-corrected chi connectivity index (χ4v) is 3.96. The predicted octanol–water partition coefficient (Wildman–Crippen LogP) is 3.43. The number of hydrogen-bond acceptors (Lipinski definition) is 5. The molecule has 1 aliphatic rings. The number of aromatic amines is 1. The monoisotopic (exact) mass is 360 g/mol. The molecule has 3 aromatic heterocycles. The van der Waals surface area contributed by atoms with Gasteiger partial charge in [-0.1, -0.05) is 25.0 Å². The van der Waals surface area contributed by atoms with E-state index in [9.17, 15) is 5.11 Å². The summed E-state index contributed by atoms with van der Waals surface area (Å²) in [4.78, 5) is 8.81. The number of pyridine rings is 1. The molecule has 1 saturated carbocycles. The second-order valence-electron chi connectivity index (χ2n) is 7.11. The molecule has 4 aromatic rings. The van der Waals surface area contributed by atoms with Crippen LogP contribution in [0.3, 0.4) is 0 Å². The molecule has 0 saturated heterocycles. The van der Waals surface area contributed by atoms with E-state index in [2.05, 4.69) is 25.3 Å². The van der Waals surface area contributed by atoms with Crippen LogP contribution >= 0.6 is 0 Å². The molecule has 2 N–H and O–H groups in total. The Labute approximate surface area is 156 Å². The Morgan fingerprint density at radius 3 is 2.81 bits per heavy atom. The zero-order chi connectivity index (χ0) is 18.2. The lowest BCUT2D eigenvalue weighted by molar-refractivity contribution is 0.111. The van der Waals surface area contributed by atoms with Gasteiger partial charge in [0, 0.05) is 17.1 Å². The highest BCUT2D eigenvalue weighted by Crippen LogP contribution is 2.36. The quantitative estimate of drug-likeness (QED) is 0.582. The average Bonchev–Trinajstić information content (AvgIpc) is 3.48. The van der Waals surface area contributed by atoms with Gasteiger partial charge >= 0.3 is 0 Å². The normalized spacial score (nSPS) is 16.2. The van der Waals surface area contributed by atoms with Crippen molar-refractivity contribution in [2.75, 3.05) is 0 Å². The van der Waals surface area contributed by atoms with E-state index in [4.69, 9.17) is 0 Å². The van der Waals surface area contributed by atoms with Gasteiger partial charge in [0.1, 0.15) is 6.33 Å². The summed E-state index contributed by atoms with van der Waals surface area (Å²) in [6.07, 6.45) is 9.22. The Morgan fingerprint density at radius 1 is 1.11 bits per heavy atom. The minimum Gasteiger partial charge on any atom is -0.388 e. The van der Waals surface area contributed by atoms with E-state index in [0.717, 1.165) is 40.7 Å². The number of aromatic nitrogens is 6. The van der Waals surface area contributed by atoms with Gasteiger partial charge in [0.15, 0.2) is 11.5 Å². The minimum atomic E-state index is -0.442. The summed E-state index contributed by atoms with van der Waals surface area (Å²) >= 11 is 0. The number of benzene rings is 1. The first-order chi connectivity index (χ1) is 13.3. The summed E-state index contributed by atoms with van der Waals surface area (Å²) in [5.41, 5.74) is 3.48. The summed E-state index contributed by atoms with van der Waals surface area (Å²) in [6.45, 7) is 0. The summed E-state index contributed by atoms with van der Waals surface area (Å²) in [7, 11) is 0. The van der Waals surface area contributed by atoms with Crippen LogP contribution in [0.15, 0.2) is 49.1 Å². The van der Waals surface area contributed by atoms with E-state index in [1.165, 1.54) is 19.2 Å². The Balaban J connectivity index is 1.51. The van der Waals surface area contributed by atoms with Gasteiger partial charge < -0.3 is 5.11 Å². The van der Waals surface area contributed by atoms with E-state index in [0.29, 0.717) is 11.7 Å². The second-order valence-corrected chi connectivity index (χ2v) is 7.11. The van der Waals surface area contributed by atoms with Crippen LogP contribution in [0.4, 0.5) is 0 Å². The van der Waals surface area contributed by atoms with Crippen molar-refractivity contribution in [1.82, 2.24) is 29.9 Å². The highest BCUT2D eigenvalue weighted by atomic mass is 16.3. The number of fused-ring (bicyclic) bond motifs is 1. The highest BCUT2D eigenvalue weighted by Gasteiger charge is 2.25. The number of nitrogens with zero attached hydrogens (tertiary/aromatic N) is 5. The van der Waals surface area contributed by atoms with E-state index in [1.54, 1.807) is 17.1 Å². The molecule has 0 radical (unpaired) electrons. The van der Waals surface area contributed by atoms with Gasteiger partial charge in [-0.25, -0.2) is 14.6 Å². The molecule has 7 nitrogen and oxygen atoms in total. The Hall–Kier alpha value is -3.06. The van der Waals surface area contributed by atoms with Crippen LogP contribution in [-0.2, 0) is 0 Å². The van der Waals surface area contributed by atoms with Crippen molar-refractivity contribution in [2.45, 2.75) is 31.8 Å². The maximum Gasteiger partial charge on any atom is 0.162 e. The van der Waals surface area contributed by atoms with Crippen molar-refractivity contribution < 1.29 is 5.11 Å². The molecule has 1 atom stereocenters. The molecule has 1 aromatic carbocycles. The zero-order valence-corrected chi connectivity index (χ0v) is 14.8. The molecular weight excluding hydrogens is 340 g/mol. The van der Waals surface area contributed by atoms with Gasteiger partial charge in [-0.3, -0.25) is 5.10 Å². The summed E-state index contributed by atoms with van der Waals surface area (Å²) in [6, 6.07) is 9.92. The Morgan fingerprint density at radius 2 is 2.00 bits per heavy atom. The van der Waals surface area contributed by atoms with Gasteiger partial charge in [0.2, 0.25) is 0 Å². The molecule has 0 spiro atoms. The SMILES string of the molecule is O[C@@H](c1cnc2c(cnn2-c2cccc(-c3ncn[nH]3)c2)c1)C1CCCC1. The number of H-pyrrole nitrogens is 1. The molecule has 1 fully saturated rings. The average molecular weight is 360 g/mol. The summed E-state index contributed by atoms with van der Waals surface area (Å²) < 4.78 is 1.81. The standard InChI is InChI=1S/C20H20N6O/c27-18(13-4-1-2-5-13)15-8-16-11-24-26(20(16)21-10-15)17-7-3-6-14(9-17)19-22-12-23-25-19/h3,6-13,18,27H,1-2,4-5H2,(H,22,23,25)/t18-/m1/s1. The first-order valence-electron chi connectivity index (χ1n) is 9.27. The summed E-state index contributed by atoms with van der Waals surface area (Å²) in [5, 5.41) is 22.9. The zero-order valence-electron chi connectivity index (χ0n) is 14.8. The van der Waals surface area contributed by atoms with Crippen LogP contribution in [0.1, 0.15) is 37.4 Å². The lowest BCUT2D eigenvalue weighted by atomic mass is 9.95. The van der Waals surface area contributed by atoms with Gasteiger partial charge in [-0.15, -0.1) is 0 Å².